The number of para-hydroxylation sites is 1. The minimum atomic E-state index is -0.804. The van der Waals surface area contributed by atoms with Crippen LogP contribution in [0.5, 0.6) is 0 Å². The predicted octanol–water partition coefficient (Wildman–Crippen LogP) is 6.68. The van der Waals surface area contributed by atoms with Gasteiger partial charge >= 0.3 is 0 Å². The highest BCUT2D eigenvalue weighted by Crippen LogP contribution is 2.44. The number of carbonyl (C=O) groups excluding carboxylic acids is 2. The van der Waals surface area contributed by atoms with E-state index in [9.17, 15) is 14.0 Å². The van der Waals surface area contributed by atoms with E-state index < -0.39 is 23.8 Å². The van der Waals surface area contributed by atoms with Crippen LogP contribution < -0.4 is 5.32 Å². The summed E-state index contributed by atoms with van der Waals surface area (Å²) < 4.78 is 17.2. The third-order valence-electron chi connectivity index (χ3n) is 7.16. The number of fused-ring (bicyclic) bond motifs is 2. The van der Waals surface area contributed by atoms with Crippen molar-refractivity contribution >= 4 is 44.3 Å². The van der Waals surface area contributed by atoms with Crippen LogP contribution in [0.4, 0.5) is 10.1 Å². The van der Waals surface area contributed by atoms with Crippen molar-refractivity contribution in [3.05, 3.63) is 99.9 Å². The van der Waals surface area contributed by atoms with E-state index in [4.69, 9.17) is 0 Å². The first-order valence-corrected chi connectivity index (χ1v) is 12.8. The number of hydrogen-bond donors (Lipinski definition) is 1. The standard InChI is InChI=1S/C29H27BrFN3O2/c1-4-17(2)26(28(35)32-24-14-13-18(30)15-23(24)31)34-27(20-10-5-6-11-21(20)29(34)36)22-16-33(3)25-12-8-7-9-19(22)25/h5-17,26-27H,4H2,1-3H3,(H,32,35). The van der Waals surface area contributed by atoms with Crippen LogP contribution in [0.15, 0.2) is 77.4 Å². The van der Waals surface area contributed by atoms with Gasteiger partial charge < -0.3 is 14.8 Å². The third-order valence-corrected chi connectivity index (χ3v) is 7.65. The van der Waals surface area contributed by atoms with Crippen LogP contribution in [0.3, 0.4) is 0 Å². The Balaban J connectivity index is 1.65. The molecular weight excluding hydrogens is 521 g/mol. The van der Waals surface area contributed by atoms with Gasteiger partial charge in [-0.3, -0.25) is 9.59 Å². The molecule has 4 aromatic rings. The van der Waals surface area contributed by atoms with Crippen LogP contribution in [0, 0.1) is 11.7 Å². The summed E-state index contributed by atoms with van der Waals surface area (Å²) in [5, 5.41) is 3.79. The van der Waals surface area contributed by atoms with Crippen molar-refractivity contribution in [3.63, 3.8) is 0 Å². The lowest BCUT2D eigenvalue weighted by Gasteiger charge is -2.36. The second kappa shape index (κ2) is 9.54. The highest BCUT2D eigenvalue weighted by molar-refractivity contribution is 9.10. The molecule has 0 saturated heterocycles. The molecular formula is C29H27BrFN3O2. The van der Waals surface area contributed by atoms with Gasteiger partial charge in [0.2, 0.25) is 5.91 Å². The highest BCUT2D eigenvalue weighted by atomic mass is 79.9. The maximum absolute atomic E-state index is 14.6. The van der Waals surface area contributed by atoms with Crippen LogP contribution in [-0.4, -0.2) is 27.3 Å². The van der Waals surface area contributed by atoms with Crippen molar-refractivity contribution in [2.24, 2.45) is 13.0 Å². The van der Waals surface area contributed by atoms with Gasteiger partial charge in [-0.25, -0.2) is 4.39 Å². The minimum Gasteiger partial charge on any atom is -0.350 e. The van der Waals surface area contributed by atoms with Gasteiger partial charge in [-0.2, -0.15) is 0 Å². The Morgan fingerprint density at radius 1 is 1.08 bits per heavy atom. The van der Waals surface area contributed by atoms with Gasteiger partial charge in [-0.1, -0.05) is 72.6 Å². The number of hydrogen-bond acceptors (Lipinski definition) is 2. The van der Waals surface area contributed by atoms with Gasteiger partial charge in [0.15, 0.2) is 0 Å². The molecule has 2 amide bonds. The Morgan fingerprint density at radius 2 is 1.81 bits per heavy atom. The average molecular weight is 548 g/mol. The molecule has 0 spiro atoms. The Hall–Kier alpha value is -3.45. The van der Waals surface area contributed by atoms with Crippen LogP contribution in [0.1, 0.15) is 47.8 Å². The molecule has 2 heterocycles. The number of nitrogens with zero attached hydrogens (tertiary/aromatic N) is 2. The van der Waals surface area contributed by atoms with Crippen molar-refractivity contribution in [2.45, 2.75) is 32.4 Å². The number of nitrogens with one attached hydrogen (secondary N) is 1. The van der Waals surface area contributed by atoms with Gasteiger partial charge in [-0.05, 0) is 41.8 Å². The predicted molar refractivity (Wildman–Crippen MR) is 143 cm³/mol. The molecule has 1 aliphatic heterocycles. The molecule has 3 unspecified atom stereocenters. The van der Waals surface area contributed by atoms with Crippen molar-refractivity contribution in [1.82, 2.24) is 9.47 Å². The van der Waals surface area contributed by atoms with Crippen LogP contribution in [-0.2, 0) is 11.8 Å². The maximum atomic E-state index is 14.6. The number of aromatic nitrogens is 1. The Bertz CT molecular complexity index is 1480. The van der Waals surface area contributed by atoms with E-state index in [2.05, 4.69) is 21.2 Å². The fourth-order valence-electron chi connectivity index (χ4n) is 5.21. The molecule has 3 aromatic carbocycles. The summed E-state index contributed by atoms with van der Waals surface area (Å²) >= 11 is 3.25. The lowest BCUT2D eigenvalue weighted by atomic mass is 9.92. The molecule has 0 radical (unpaired) electrons. The minimum absolute atomic E-state index is 0.0855. The highest BCUT2D eigenvalue weighted by Gasteiger charge is 2.46. The lowest BCUT2D eigenvalue weighted by Crippen LogP contribution is -2.50. The molecule has 1 aromatic heterocycles. The fraction of sp³-hybridized carbons (Fsp3) is 0.241. The number of amides is 2. The van der Waals surface area contributed by atoms with Crippen molar-refractivity contribution < 1.29 is 14.0 Å². The van der Waals surface area contributed by atoms with Gasteiger partial charge in [0.1, 0.15) is 11.9 Å². The maximum Gasteiger partial charge on any atom is 0.255 e. The summed E-state index contributed by atoms with van der Waals surface area (Å²) in [4.78, 5) is 29.4. The van der Waals surface area contributed by atoms with Gasteiger partial charge in [0.05, 0.1) is 11.7 Å². The first-order chi connectivity index (χ1) is 17.3. The zero-order valence-corrected chi connectivity index (χ0v) is 21.9. The molecule has 5 nitrogen and oxygen atoms in total. The molecule has 0 saturated carbocycles. The van der Waals surface area contributed by atoms with Crippen molar-refractivity contribution in [1.29, 1.82) is 0 Å². The number of aryl methyl sites for hydroxylation is 1. The second-order valence-corrected chi connectivity index (χ2v) is 10.3. The summed E-state index contributed by atoms with van der Waals surface area (Å²) in [7, 11) is 1.98. The van der Waals surface area contributed by atoms with Crippen LogP contribution >= 0.6 is 15.9 Å². The molecule has 184 valence electrons. The van der Waals surface area contributed by atoms with E-state index >= 15 is 0 Å². The lowest BCUT2D eigenvalue weighted by molar-refractivity contribution is -0.122. The Labute approximate surface area is 218 Å². The number of benzene rings is 3. The van der Waals surface area contributed by atoms with E-state index in [-0.39, 0.29) is 17.5 Å². The zero-order valence-electron chi connectivity index (χ0n) is 20.3. The topological polar surface area (TPSA) is 54.3 Å². The molecule has 0 fully saturated rings. The fourth-order valence-corrected chi connectivity index (χ4v) is 5.54. The quantitative estimate of drug-likeness (QED) is 0.292. The Morgan fingerprint density at radius 3 is 2.56 bits per heavy atom. The van der Waals surface area contributed by atoms with E-state index in [1.54, 1.807) is 11.0 Å². The third kappa shape index (κ3) is 4.01. The smallest absolute Gasteiger partial charge is 0.255 e. The SMILES string of the molecule is CCC(C)C(C(=O)Nc1ccc(Br)cc1F)N1C(=O)c2ccccc2C1c1cn(C)c2ccccc12. The first kappa shape index (κ1) is 24.3. The molecule has 5 rings (SSSR count). The number of halogens is 2. The monoisotopic (exact) mass is 547 g/mol. The van der Waals surface area contributed by atoms with E-state index in [1.807, 2.05) is 80.2 Å². The van der Waals surface area contributed by atoms with E-state index in [0.717, 1.165) is 22.0 Å². The normalized spacial score (nSPS) is 16.8. The number of rotatable bonds is 6. The van der Waals surface area contributed by atoms with E-state index in [1.165, 1.54) is 12.1 Å². The van der Waals surface area contributed by atoms with Crippen LogP contribution in [0.25, 0.3) is 10.9 Å². The van der Waals surface area contributed by atoms with Crippen molar-refractivity contribution in [3.8, 4) is 0 Å². The summed E-state index contributed by atoms with van der Waals surface area (Å²) in [6.07, 6.45) is 2.71. The molecule has 36 heavy (non-hydrogen) atoms. The molecule has 1 aliphatic rings. The summed E-state index contributed by atoms with van der Waals surface area (Å²) in [5.41, 5.74) is 3.55. The van der Waals surface area contributed by atoms with Crippen LogP contribution in [0.2, 0.25) is 0 Å². The largest absolute Gasteiger partial charge is 0.350 e. The zero-order chi connectivity index (χ0) is 25.6. The van der Waals surface area contributed by atoms with Gasteiger partial charge in [0.25, 0.3) is 5.91 Å². The number of carbonyl (C=O) groups is 2. The first-order valence-electron chi connectivity index (χ1n) is 12.0. The summed E-state index contributed by atoms with van der Waals surface area (Å²) in [6.45, 7) is 3.95. The van der Waals surface area contributed by atoms with Gasteiger partial charge in [0, 0.05) is 39.7 Å². The second-order valence-electron chi connectivity index (χ2n) is 9.36. The molecule has 0 bridgehead atoms. The van der Waals surface area contributed by atoms with Crippen molar-refractivity contribution in [2.75, 3.05) is 5.32 Å². The summed E-state index contributed by atoms with van der Waals surface area (Å²) in [5.74, 6) is -1.31. The molecule has 0 aliphatic carbocycles. The Kier molecular flexibility index (Phi) is 6.43. The summed E-state index contributed by atoms with van der Waals surface area (Å²) in [6, 6.07) is 18.8. The van der Waals surface area contributed by atoms with E-state index in [0.29, 0.717) is 16.5 Å². The molecule has 3 atom stereocenters. The average Bonchev–Trinajstić information content (AvgIpc) is 3.35. The number of anilines is 1. The van der Waals surface area contributed by atoms with Gasteiger partial charge in [-0.15, -0.1) is 0 Å². The molecule has 7 heteroatoms. The molecule has 1 N–H and O–H groups in total.